The highest BCUT2D eigenvalue weighted by molar-refractivity contribution is 7.99. The molecule has 0 spiro atoms. The molecular formula is C13H18N2O4S. The van der Waals surface area contributed by atoms with Crippen LogP contribution in [-0.4, -0.2) is 39.8 Å². The lowest BCUT2D eigenvalue weighted by atomic mass is 10.1. The van der Waals surface area contributed by atoms with Crippen LogP contribution in [0.15, 0.2) is 18.2 Å². The van der Waals surface area contributed by atoms with Gasteiger partial charge in [0.05, 0.1) is 11.3 Å². The Bertz CT molecular complexity index is 493. The van der Waals surface area contributed by atoms with Crippen LogP contribution in [0.5, 0.6) is 5.75 Å². The van der Waals surface area contributed by atoms with Crippen LogP contribution in [0, 0.1) is 0 Å². The number of hydrogen-bond acceptors (Lipinski definition) is 4. The van der Waals surface area contributed by atoms with E-state index >= 15 is 0 Å². The number of hydrogen-bond donors (Lipinski definition) is 4. The number of anilines is 1. The van der Waals surface area contributed by atoms with Gasteiger partial charge in [-0.25, -0.2) is 9.59 Å². The number of carboxylic acid groups (broad SMARTS) is 1. The summed E-state index contributed by atoms with van der Waals surface area (Å²) in [5.74, 6) is 0.368. The molecule has 7 heteroatoms. The summed E-state index contributed by atoms with van der Waals surface area (Å²) in [5.41, 5.74) is -0.0149. The second-order valence-electron chi connectivity index (χ2n) is 4.19. The highest BCUT2D eigenvalue weighted by atomic mass is 32.2. The van der Waals surface area contributed by atoms with Crippen LogP contribution in [0.1, 0.15) is 24.2 Å². The topological polar surface area (TPSA) is 98.7 Å². The summed E-state index contributed by atoms with van der Waals surface area (Å²) in [6, 6.07) is 3.27. The first-order valence-electron chi connectivity index (χ1n) is 6.15. The normalized spacial score (nSPS) is 11.7. The van der Waals surface area contributed by atoms with E-state index in [0.717, 1.165) is 17.6 Å². The first kappa shape index (κ1) is 16.2. The summed E-state index contributed by atoms with van der Waals surface area (Å²) < 4.78 is 0. The molecule has 1 rings (SSSR count). The van der Waals surface area contributed by atoms with Crippen molar-refractivity contribution >= 4 is 29.4 Å². The van der Waals surface area contributed by atoms with Gasteiger partial charge in [-0.1, -0.05) is 6.92 Å². The third kappa shape index (κ3) is 5.00. The van der Waals surface area contributed by atoms with Crippen molar-refractivity contribution in [2.75, 3.05) is 16.8 Å². The van der Waals surface area contributed by atoms with Crippen LogP contribution in [0.3, 0.4) is 0 Å². The van der Waals surface area contributed by atoms with Crippen LogP contribution >= 0.6 is 11.8 Å². The zero-order valence-electron chi connectivity index (χ0n) is 11.3. The average Bonchev–Trinajstić information content (AvgIpc) is 2.38. The van der Waals surface area contributed by atoms with Gasteiger partial charge in [0, 0.05) is 11.8 Å². The van der Waals surface area contributed by atoms with Gasteiger partial charge in [0.15, 0.2) is 0 Å². The molecule has 1 aromatic rings. The van der Waals surface area contributed by atoms with Crippen molar-refractivity contribution in [3.05, 3.63) is 23.8 Å². The summed E-state index contributed by atoms with van der Waals surface area (Å²) in [7, 11) is 0. The molecule has 1 unspecified atom stereocenters. The van der Waals surface area contributed by atoms with Gasteiger partial charge in [0.1, 0.15) is 5.75 Å². The van der Waals surface area contributed by atoms with Crippen LogP contribution in [0.4, 0.5) is 10.5 Å². The second kappa shape index (κ2) is 7.64. The molecule has 1 aromatic carbocycles. The van der Waals surface area contributed by atoms with E-state index in [2.05, 4.69) is 10.6 Å². The molecule has 0 heterocycles. The lowest BCUT2D eigenvalue weighted by Gasteiger charge is -2.15. The average molecular weight is 298 g/mol. The van der Waals surface area contributed by atoms with Gasteiger partial charge < -0.3 is 20.8 Å². The number of phenols is 1. The Labute approximate surface area is 121 Å². The number of aromatic hydroxyl groups is 1. The number of rotatable bonds is 6. The van der Waals surface area contributed by atoms with Crippen molar-refractivity contribution in [3.8, 4) is 5.75 Å². The molecule has 0 saturated heterocycles. The van der Waals surface area contributed by atoms with Gasteiger partial charge in [0.25, 0.3) is 0 Å². The maximum Gasteiger partial charge on any atom is 0.337 e. The molecule has 110 valence electrons. The summed E-state index contributed by atoms with van der Waals surface area (Å²) in [6.07, 6.45) is 0. The molecule has 0 radical (unpaired) electrons. The minimum absolute atomic E-state index is 0.0228. The molecule has 2 amide bonds. The number of phenolic OH excluding ortho intramolecular Hbond substituents is 1. The molecule has 0 fully saturated rings. The molecule has 20 heavy (non-hydrogen) atoms. The van der Waals surface area contributed by atoms with Gasteiger partial charge in [-0.2, -0.15) is 11.8 Å². The van der Waals surface area contributed by atoms with Crippen molar-refractivity contribution in [2.24, 2.45) is 0 Å². The van der Waals surface area contributed by atoms with E-state index in [9.17, 15) is 14.7 Å². The van der Waals surface area contributed by atoms with Crippen LogP contribution < -0.4 is 10.6 Å². The number of nitrogens with one attached hydrogen (secondary N) is 2. The zero-order chi connectivity index (χ0) is 15.1. The molecule has 0 aliphatic heterocycles. The fourth-order valence-corrected chi connectivity index (χ4v) is 2.21. The maximum absolute atomic E-state index is 11.8. The minimum Gasteiger partial charge on any atom is -0.508 e. The lowest BCUT2D eigenvalue weighted by molar-refractivity contribution is 0.0697. The fourth-order valence-electron chi connectivity index (χ4n) is 1.54. The molecule has 1 atom stereocenters. The first-order valence-corrected chi connectivity index (χ1v) is 7.31. The van der Waals surface area contributed by atoms with Gasteiger partial charge in [0.2, 0.25) is 0 Å². The number of thioether (sulfide) groups is 1. The maximum atomic E-state index is 11.8. The fraction of sp³-hybridized carbons (Fsp3) is 0.385. The summed E-state index contributed by atoms with van der Waals surface area (Å²) in [5, 5.41) is 23.5. The summed E-state index contributed by atoms with van der Waals surface area (Å²) in [4.78, 5) is 22.8. The Morgan fingerprint density at radius 3 is 2.70 bits per heavy atom. The number of carbonyl (C=O) groups is 2. The van der Waals surface area contributed by atoms with Crippen molar-refractivity contribution in [1.29, 1.82) is 0 Å². The Morgan fingerprint density at radius 2 is 2.10 bits per heavy atom. The van der Waals surface area contributed by atoms with E-state index in [1.807, 2.05) is 13.8 Å². The van der Waals surface area contributed by atoms with E-state index in [1.54, 1.807) is 11.8 Å². The first-order chi connectivity index (χ1) is 9.43. The van der Waals surface area contributed by atoms with E-state index in [-0.39, 0.29) is 23.0 Å². The van der Waals surface area contributed by atoms with Crippen molar-refractivity contribution < 1.29 is 19.8 Å². The predicted molar refractivity (Wildman–Crippen MR) is 79.7 cm³/mol. The number of urea groups is 1. The van der Waals surface area contributed by atoms with E-state index in [1.165, 1.54) is 12.1 Å². The van der Waals surface area contributed by atoms with Crippen LogP contribution in [0.25, 0.3) is 0 Å². The van der Waals surface area contributed by atoms with Gasteiger partial charge in [-0.05, 0) is 30.9 Å². The number of carboxylic acids is 1. The van der Waals surface area contributed by atoms with E-state index in [4.69, 9.17) is 5.11 Å². The second-order valence-corrected chi connectivity index (χ2v) is 5.51. The minimum atomic E-state index is -1.22. The van der Waals surface area contributed by atoms with Crippen molar-refractivity contribution in [2.45, 2.75) is 19.9 Å². The molecule has 0 aliphatic carbocycles. The van der Waals surface area contributed by atoms with E-state index in [0.29, 0.717) is 0 Å². The molecule has 0 aliphatic rings. The number of amides is 2. The van der Waals surface area contributed by atoms with Crippen LogP contribution in [-0.2, 0) is 0 Å². The van der Waals surface area contributed by atoms with E-state index < -0.39 is 12.0 Å². The largest absolute Gasteiger partial charge is 0.508 e. The van der Waals surface area contributed by atoms with Crippen molar-refractivity contribution in [1.82, 2.24) is 5.32 Å². The third-order valence-corrected chi connectivity index (χ3v) is 3.58. The summed E-state index contributed by atoms with van der Waals surface area (Å²) >= 11 is 1.70. The number of benzene rings is 1. The predicted octanol–water partition coefficient (Wildman–Crippen LogP) is 2.35. The standard InChI is InChI=1S/C13H18N2O4S/c1-3-20-7-8(2)14-13(19)15-11-5-4-9(16)6-10(11)12(17)18/h4-6,8,16H,3,7H2,1-2H3,(H,17,18)(H2,14,15,19). The Morgan fingerprint density at radius 1 is 1.40 bits per heavy atom. The van der Waals surface area contributed by atoms with Crippen LogP contribution in [0.2, 0.25) is 0 Å². The molecular weight excluding hydrogens is 280 g/mol. The molecule has 0 bridgehead atoms. The molecule has 6 nitrogen and oxygen atoms in total. The number of aromatic carboxylic acids is 1. The molecule has 4 N–H and O–H groups in total. The van der Waals surface area contributed by atoms with Gasteiger partial charge in [-0.3, -0.25) is 0 Å². The zero-order valence-corrected chi connectivity index (χ0v) is 12.2. The Hall–Kier alpha value is -1.89. The Kier molecular flexibility index (Phi) is 6.17. The molecule has 0 aromatic heterocycles. The molecule has 0 saturated carbocycles. The summed E-state index contributed by atoms with van der Waals surface area (Å²) in [6.45, 7) is 3.91. The quantitative estimate of drug-likeness (QED) is 0.604. The highest BCUT2D eigenvalue weighted by Crippen LogP contribution is 2.21. The van der Waals surface area contributed by atoms with Crippen molar-refractivity contribution in [3.63, 3.8) is 0 Å². The van der Waals surface area contributed by atoms with Gasteiger partial charge in [-0.15, -0.1) is 0 Å². The highest BCUT2D eigenvalue weighted by Gasteiger charge is 2.14. The lowest BCUT2D eigenvalue weighted by Crippen LogP contribution is -2.37. The third-order valence-electron chi connectivity index (χ3n) is 2.43. The number of carbonyl (C=O) groups excluding carboxylic acids is 1. The monoisotopic (exact) mass is 298 g/mol. The van der Waals surface area contributed by atoms with Gasteiger partial charge >= 0.3 is 12.0 Å². The Balaban J connectivity index is 2.68. The smallest absolute Gasteiger partial charge is 0.337 e. The SMILES string of the molecule is CCSCC(C)NC(=O)Nc1ccc(O)cc1C(=O)O.